The normalized spacial score (nSPS) is 18.3. The highest BCUT2D eigenvalue weighted by atomic mass is 16.5. The number of para-hydroxylation sites is 1. The van der Waals surface area contributed by atoms with E-state index in [1.807, 2.05) is 10.6 Å². The number of carbonyl (C=O) groups is 1. The number of nitrogens with two attached hydrogens (primary N) is 1. The number of ether oxygens (including phenoxy) is 1. The number of primary amides is 1. The van der Waals surface area contributed by atoms with Gasteiger partial charge in [0.25, 0.3) is 0 Å². The van der Waals surface area contributed by atoms with E-state index in [2.05, 4.69) is 11.8 Å². The van der Waals surface area contributed by atoms with Crippen LogP contribution in [0.25, 0.3) is 11.0 Å². The molecule has 1 atom stereocenters. The molecule has 1 fully saturated rings. The SMILES string of the molecule is CCCN1CCCC1c1nc2c(OC(N)=O)cccc2n1CCO. The van der Waals surface area contributed by atoms with Crippen molar-refractivity contribution in [3.05, 3.63) is 24.0 Å². The second kappa shape index (κ2) is 7.19. The number of aliphatic hydroxyl groups is 1. The molecule has 1 aromatic heterocycles. The van der Waals surface area contributed by atoms with Gasteiger partial charge in [0.15, 0.2) is 5.75 Å². The minimum absolute atomic E-state index is 0.0276. The van der Waals surface area contributed by atoms with Crippen molar-refractivity contribution in [2.75, 3.05) is 19.7 Å². The number of aromatic nitrogens is 2. The summed E-state index contributed by atoms with van der Waals surface area (Å²) in [5, 5.41) is 9.48. The summed E-state index contributed by atoms with van der Waals surface area (Å²) in [5.41, 5.74) is 6.62. The number of hydrogen-bond donors (Lipinski definition) is 2. The molecule has 7 heteroatoms. The molecule has 1 aromatic carbocycles. The van der Waals surface area contributed by atoms with Crippen molar-refractivity contribution < 1.29 is 14.6 Å². The van der Waals surface area contributed by atoms with Gasteiger partial charge in [-0.05, 0) is 44.5 Å². The molecule has 0 bridgehead atoms. The topological polar surface area (TPSA) is 93.6 Å². The Balaban J connectivity index is 2.09. The fraction of sp³-hybridized carbons (Fsp3) is 0.529. The van der Waals surface area contributed by atoms with Crippen LogP contribution in [0.4, 0.5) is 4.79 Å². The van der Waals surface area contributed by atoms with Gasteiger partial charge in [-0.1, -0.05) is 13.0 Å². The molecule has 3 rings (SSSR count). The lowest BCUT2D eigenvalue weighted by molar-refractivity contribution is 0.211. The first-order valence-corrected chi connectivity index (χ1v) is 8.47. The lowest BCUT2D eigenvalue weighted by atomic mass is 10.2. The third-order valence-corrected chi connectivity index (χ3v) is 4.48. The van der Waals surface area contributed by atoms with Crippen LogP contribution in [0.1, 0.15) is 38.1 Å². The van der Waals surface area contributed by atoms with Crippen molar-refractivity contribution in [1.29, 1.82) is 0 Å². The highest BCUT2D eigenvalue weighted by Gasteiger charge is 2.30. The molecule has 1 saturated heterocycles. The molecule has 0 spiro atoms. The zero-order valence-corrected chi connectivity index (χ0v) is 13.9. The lowest BCUT2D eigenvalue weighted by Gasteiger charge is -2.24. The summed E-state index contributed by atoms with van der Waals surface area (Å²) in [6.07, 6.45) is 2.42. The first-order valence-electron chi connectivity index (χ1n) is 8.47. The van der Waals surface area contributed by atoms with E-state index in [4.69, 9.17) is 15.5 Å². The average molecular weight is 332 g/mol. The Labute approximate surface area is 141 Å². The average Bonchev–Trinajstić information content (AvgIpc) is 3.13. The maximum absolute atomic E-state index is 11.1. The van der Waals surface area contributed by atoms with Gasteiger partial charge in [-0.15, -0.1) is 0 Å². The van der Waals surface area contributed by atoms with Crippen LogP contribution in [0.2, 0.25) is 0 Å². The predicted molar refractivity (Wildman–Crippen MR) is 90.9 cm³/mol. The van der Waals surface area contributed by atoms with E-state index >= 15 is 0 Å². The van der Waals surface area contributed by atoms with Crippen molar-refractivity contribution in [2.45, 2.75) is 38.8 Å². The van der Waals surface area contributed by atoms with Crippen molar-refractivity contribution in [3.63, 3.8) is 0 Å². The van der Waals surface area contributed by atoms with Crippen LogP contribution < -0.4 is 10.5 Å². The van der Waals surface area contributed by atoms with Crippen LogP contribution >= 0.6 is 0 Å². The standard InChI is InChI=1S/C17H24N4O3/c1-2-8-20-9-4-6-13(20)16-19-15-12(21(16)10-11-22)5-3-7-14(15)24-17(18)23/h3,5,7,13,22H,2,4,6,8-11H2,1H3,(H2,18,23). The molecule has 2 aromatic rings. The minimum atomic E-state index is -0.853. The first-order chi connectivity index (χ1) is 11.7. The zero-order chi connectivity index (χ0) is 17.1. The van der Waals surface area contributed by atoms with Gasteiger partial charge >= 0.3 is 6.09 Å². The van der Waals surface area contributed by atoms with E-state index in [0.29, 0.717) is 17.8 Å². The Morgan fingerprint density at radius 2 is 2.29 bits per heavy atom. The number of likely N-dealkylation sites (tertiary alicyclic amines) is 1. The van der Waals surface area contributed by atoms with Crippen molar-refractivity contribution in [3.8, 4) is 5.75 Å². The van der Waals surface area contributed by atoms with E-state index in [0.717, 1.165) is 43.7 Å². The summed E-state index contributed by atoms with van der Waals surface area (Å²) < 4.78 is 7.13. The summed E-state index contributed by atoms with van der Waals surface area (Å²) in [7, 11) is 0. The van der Waals surface area contributed by atoms with Gasteiger partial charge in [-0.2, -0.15) is 0 Å². The number of carbonyl (C=O) groups excluding carboxylic acids is 1. The van der Waals surface area contributed by atoms with Crippen molar-refractivity contribution in [1.82, 2.24) is 14.5 Å². The second-order valence-electron chi connectivity index (χ2n) is 6.08. The third-order valence-electron chi connectivity index (χ3n) is 4.48. The van der Waals surface area contributed by atoms with Crippen molar-refractivity contribution >= 4 is 17.1 Å². The predicted octanol–water partition coefficient (Wildman–Crippen LogP) is 2.03. The lowest BCUT2D eigenvalue weighted by Crippen LogP contribution is -2.26. The van der Waals surface area contributed by atoms with Crippen LogP contribution in [-0.2, 0) is 6.54 Å². The Hall–Kier alpha value is -2.12. The van der Waals surface area contributed by atoms with Gasteiger partial charge < -0.3 is 20.1 Å². The van der Waals surface area contributed by atoms with E-state index in [9.17, 15) is 9.90 Å². The fourth-order valence-corrected chi connectivity index (χ4v) is 3.59. The maximum atomic E-state index is 11.1. The molecule has 1 aliphatic rings. The molecule has 1 amide bonds. The minimum Gasteiger partial charge on any atom is -0.408 e. The maximum Gasteiger partial charge on any atom is 0.410 e. The molecule has 24 heavy (non-hydrogen) atoms. The molecule has 0 aliphatic carbocycles. The van der Waals surface area contributed by atoms with Crippen LogP contribution in [0, 0.1) is 0 Å². The van der Waals surface area contributed by atoms with E-state index in [1.165, 1.54) is 0 Å². The number of imidazole rings is 1. The van der Waals surface area contributed by atoms with Gasteiger partial charge in [0, 0.05) is 6.54 Å². The van der Waals surface area contributed by atoms with Gasteiger partial charge in [-0.25, -0.2) is 9.78 Å². The summed E-state index contributed by atoms with van der Waals surface area (Å²) >= 11 is 0. The Kier molecular flexibility index (Phi) is 5.01. The Bertz CT molecular complexity index is 728. The first kappa shape index (κ1) is 16.7. The summed E-state index contributed by atoms with van der Waals surface area (Å²) in [6, 6.07) is 5.64. The highest BCUT2D eigenvalue weighted by Crippen LogP contribution is 2.35. The molecule has 3 N–H and O–H groups in total. The zero-order valence-electron chi connectivity index (χ0n) is 13.9. The fourth-order valence-electron chi connectivity index (χ4n) is 3.59. The summed E-state index contributed by atoms with van der Waals surface area (Å²) in [4.78, 5) is 18.4. The Morgan fingerprint density at radius 1 is 1.46 bits per heavy atom. The van der Waals surface area contributed by atoms with E-state index in [1.54, 1.807) is 12.1 Å². The monoisotopic (exact) mass is 332 g/mol. The smallest absolute Gasteiger partial charge is 0.408 e. The number of aliphatic hydroxyl groups excluding tert-OH is 1. The van der Waals surface area contributed by atoms with Gasteiger partial charge in [0.05, 0.1) is 18.2 Å². The molecular weight excluding hydrogens is 308 g/mol. The molecular formula is C17H24N4O3. The summed E-state index contributed by atoms with van der Waals surface area (Å²) in [5.74, 6) is 1.28. The van der Waals surface area contributed by atoms with Gasteiger partial charge in [0.2, 0.25) is 0 Å². The third kappa shape index (κ3) is 3.09. The largest absolute Gasteiger partial charge is 0.410 e. The Morgan fingerprint density at radius 3 is 3.00 bits per heavy atom. The quantitative estimate of drug-likeness (QED) is 0.844. The molecule has 1 aliphatic heterocycles. The van der Waals surface area contributed by atoms with E-state index < -0.39 is 6.09 Å². The number of hydrogen-bond acceptors (Lipinski definition) is 5. The summed E-state index contributed by atoms with van der Waals surface area (Å²) in [6.45, 7) is 4.75. The number of benzene rings is 1. The van der Waals surface area contributed by atoms with Gasteiger partial charge in [0.1, 0.15) is 11.3 Å². The van der Waals surface area contributed by atoms with Crippen molar-refractivity contribution in [2.24, 2.45) is 5.73 Å². The molecule has 2 heterocycles. The molecule has 1 unspecified atom stereocenters. The highest BCUT2D eigenvalue weighted by molar-refractivity contribution is 5.85. The molecule has 130 valence electrons. The number of amides is 1. The van der Waals surface area contributed by atoms with Crippen LogP contribution in [-0.4, -0.2) is 45.3 Å². The number of nitrogens with zero attached hydrogens (tertiary/aromatic N) is 3. The van der Waals surface area contributed by atoms with Crippen LogP contribution in [0.3, 0.4) is 0 Å². The second-order valence-corrected chi connectivity index (χ2v) is 6.08. The number of rotatable bonds is 6. The van der Waals surface area contributed by atoms with E-state index in [-0.39, 0.29) is 12.6 Å². The molecule has 7 nitrogen and oxygen atoms in total. The number of fused-ring (bicyclic) bond motifs is 1. The van der Waals surface area contributed by atoms with Gasteiger partial charge in [-0.3, -0.25) is 4.90 Å². The van der Waals surface area contributed by atoms with Crippen LogP contribution in [0.5, 0.6) is 5.75 Å². The van der Waals surface area contributed by atoms with Crippen LogP contribution in [0.15, 0.2) is 18.2 Å². The molecule has 0 radical (unpaired) electrons. The molecule has 0 saturated carbocycles.